The molecule has 1 saturated carbocycles. The Bertz CT molecular complexity index is 401. The molecule has 0 radical (unpaired) electrons. The summed E-state index contributed by atoms with van der Waals surface area (Å²) < 4.78 is 3.49. The molecular weight excluding hydrogens is 266 g/mol. The predicted octanol–water partition coefficient (Wildman–Crippen LogP) is 2.36. The van der Waals surface area contributed by atoms with Crippen LogP contribution in [0.2, 0.25) is 0 Å². The van der Waals surface area contributed by atoms with E-state index in [0.717, 1.165) is 24.1 Å². The zero-order valence-corrected chi connectivity index (χ0v) is 11.1. The molecule has 3 nitrogen and oxygen atoms in total. The highest BCUT2D eigenvalue weighted by Crippen LogP contribution is 2.44. The SMILES string of the molecule is NCC1(c2nc(Br)c3n2CCCC3)CCC1. The average molecular weight is 284 g/mol. The Labute approximate surface area is 105 Å². The highest BCUT2D eigenvalue weighted by molar-refractivity contribution is 9.10. The minimum absolute atomic E-state index is 0.193. The monoisotopic (exact) mass is 283 g/mol. The van der Waals surface area contributed by atoms with E-state index in [1.165, 1.54) is 43.6 Å². The summed E-state index contributed by atoms with van der Waals surface area (Å²) in [5, 5.41) is 0. The van der Waals surface area contributed by atoms with Crippen molar-refractivity contribution in [3.8, 4) is 0 Å². The molecule has 1 aromatic heterocycles. The van der Waals surface area contributed by atoms with Crippen LogP contribution in [-0.4, -0.2) is 16.1 Å². The van der Waals surface area contributed by atoms with Crippen LogP contribution in [0.15, 0.2) is 4.60 Å². The standard InChI is InChI=1S/C12H18BrN3/c13-10-9-4-1-2-7-16(9)11(15-10)12(8-14)5-3-6-12/h1-8,14H2. The summed E-state index contributed by atoms with van der Waals surface area (Å²) in [6.07, 6.45) is 7.47. The van der Waals surface area contributed by atoms with Crippen LogP contribution in [-0.2, 0) is 18.4 Å². The molecule has 16 heavy (non-hydrogen) atoms. The van der Waals surface area contributed by atoms with Gasteiger partial charge in [0.05, 0.1) is 5.69 Å². The van der Waals surface area contributed by atoms with Crippen molar-refractivity contribution in [2.75, 3.05) is 6.54 Å². The Balaban J connectivity index is 2.07. The molecule has 1 fully saturated rings. The molecule has 2 N–H and O–H groups in total. The molecule has 1 aliphatic heterocycles. The third kappa shape index (κ3) is 1.39. The van der Waals surface area contributed by atoms with E-state index in [1.54, 1.807) is 0 Å². The van der Waals surface area contributed by atoms with Crippen LogP contribution in [0.5, 0.6) is 0 Å². The second-order valence-electron chi connectivity index (χ2n) is 5.12. The smallest absolute Gasteiger partial charge is 0.127 e. The Morgan fingerprint density at radius 1 is 1.31 bits per heavy atom. The summed E-state index contributed by atoms with van der Waals surface area (Å²) in [5.74, 6) is 1.25. The summed E-state index contributed by atoms with van der Waals surface area (Å²) >= 11 is 3.61. The van der Waals surface area contributed by atoms with Gasteiger partial charge in [0.1, 0.15) is 10.4 Å². The van der Waals surface area contributed by atoms with Gasteiger partial charge in [-0.1, -0.05) is 6.42 Å². The van der Waals surface area contributed by atoms with Crippen molar-refractivity contribution >= 4 is 15.9 Å². The molecule has 0 atom stereocenters. The van der Waals surface area contributed by atoms with Gasteiger partial charge in [-0.15, -0.1) is 0 Å². The second-order valence-corrected chi connectivity index (χ2v) is 5.87. The van der Waals surface area contributed by atoms with Crippen LogP contribution in [0.1, 0.15) is 43.6 Å². The third-order valence-corrected chi connectivity index (χ3v) is 4.88. The third-order valence-electron chi connectivity index (χ3n) is 4.24. The van der Waals surface area contributed by atoms with Crippen molar-refractivity contribution < 1.29 is 0 Å². The van der Waals surface area contributed by atoms with Crippen LogP contribution in [0.4, 0.5) is 0 Å². The number of nitrogens with two attached hydrogens (primary N) is 1. The van der Waals surface area contributed by atoms with Crippen LogP contribution in [0.3, 0.4) is 0 Å². The van der Waals surface area contributed by atoms with Gasteiger partial charge in [0.2, 0.25) is 0 Å². The predicted molar refractivity (Wildman–Crippen MR) is 67.4 cm³/mol. The van der Waals surface area contributed by atoms with Gasteiger partial charge >= 0.3 is 0 Å². The molecule has 2 aliphatic rings. The van der Waals surface area contributed by atoms with Gasteiger partial charge in [-0.3, -0.25) is 0 Å². The second kappa shape index (κ2) is 3.84. The van der Waals surface area contributed by atoms with Crippen molar-refractivity contribution in [3.05, 3.63) is 16.1 Å². The number of hydrogen-bond acceptors (Lipinski definition) is 2. The number of aromatic nitrogens is 2. The van der Waals surface area contributed by atoms with Gasteiger partial charge in [0, 0.05) is 18.5 Å². The molecule has 0 saturated heterocycles. The van der Waals surface area contributed by atoms with E-state index in [-0.39, 0.29) is 5.41 Å². The lowest BCUT2D eigenvalue weighted by atomic mass is 9.68. The Kier molecular flexibility index (Phi) is 2.59. The first-order valence-corrected chi connectivity index (χ1v) is 7.02. The van der Waals surface area contributed by atoms with Crippen LogP contribution in [0, 0.1) is 0 Å². The summed E-state index contributed by atoms with van der Waals surface area (Å²) in [5.41, 5.74) is 7.56. The molecule has 1 aliphatic carbocycles. The largest absolute Gasteiger partial charge is 0.330 e. The summed E-state index contributed by atoms with van der Waals surface area (Å²) in [6.45, 7) is 1.88. The molecular formula is C12H18BrN3. The number of halogens is 1. The van der Waals surface area contributed by atoms with Gasteiger partial charge in [-0.05, 0) is 48.0 Å². The van der Waals surface area contributed by atoms with E-state index in [9.17, 15) is 0 Å². The lowest BCUT2D eigenvalue weighted by Crippen LogP contribution is -2.44. The van der Waals surface area contributed by atoms with Gasteiger partial charge in [-0.25, -0.2) is 4.98 Å². The summed E-state index contributed by atoms with van der Waals surface area (Å²) in [4.78, 5) is 4.76. The molecule has 0 spiro atoms. The van der Waals surface area contributed by atoms with E-state index in [1.807, 2.05) is 0 Å². The van der Waals surface area contributed by atoms with Gasteiger partial charge in [0.25, 0.3) is 0 Å². The number of hydrogen-bond donors (Lipinski definition) is 1. The maximum absolute atomic E-state index is 5.97. The molecule has 2 heterocycles. The maximum Gasteiger partial charge on any atom is 0.127 e. The van der Waals surface area contributed by atoms with E-state index in [4.69, 9.17) is 10.7 Å². The molecule has 4 heteroatoms. The van der Waals surface area contributed by atoms with Crippen LogP contribution >= 0.6 is 15.9 Å². The summed E-state index contributed by atoms with van der Waals surface area (Å²) in [7, 11) is 0. The van der Waals surface area contributed by atoms with Crippen molar-refractivity contribution in [2.45, 2.75) is 50.5 Å². The number of nitrogens with zero attached hydrogens (tertiary/aromatic N) is 2. The van der Waals surface area contributed by atoms with Crippen molar-refractivity contribution in [1.82, 2.24) is 9.55 Å². The first-order valence-electron chi connectivity index (χ1n) is 6.22. The number of fused-ring (bicyclic) bond motifs is 1. The van der Waals surface area contributed by atoms with Gasteiger partial charge in [0.15, 0.2) is 0 Å². The molecule has 0 aromatic carbocycles. The fourth-order valence-electron chi connectivity index (χ4n) is 3.03. The lowest BCUT2D eigenvalue weighted by molar-refractivity contribution is 0.227. The summed E-state index contributed by atoms with van der Waals surface area (Å²) in [6, 6.07) is 0. The van der Waals surface area contributed by atoms with Crippen molar-refractivity contribution in [1.29, 1.82) is 0 Å². The molecule has 1 aromatic rings. The average Bonchev–Trinajstić information content (AvgIpc) is 2.58. The van der Waals surface area contributed by atoms with Crippen LogP contribution < -0.4 is 5.73 Å². The normalized spacial score (nSPS) is 22.6. The van der Waals surface area contributed by atoms with Crippen molar-refractivity contribution in [3.63, 3.8) is 0 Å². The molecule has 88 valence electrons. The highest BCUT2D eigenvalue weighted by atomic mass is 79.9. The fourth-order valence-corrected chi connectivity index (χ4v) is 3.61. The zero-order chi connectivity index (χ0) is 11.2. The van der Waals surface area contributed by atoms with Gasteiger partial charge < -0.3 is 10.3 Å². The Morgan fingerprint density at radius 2 is 2.12 bits per heavy atom. The topological polar surface area (TPSA) is 43.8 Å². The highest BCUT2D eigenvalue weighted by Gasteiger charge is 2.42. The Hall–Kier alpha value is -0.350. The number of rotatable bonds is 2. The van der Waals surface area contributed by atoms with Crippen LogP contribution in [0.25, 0.3) is 0 Å². The first-order chi connectivity index (χ1) is 7.77. The molecule has 0 unspecified atom stereocenters. The molecule has 0 bridgehead atoms. The van der Waals surface area contributed by atoms with E-state index < -0.39 is 0 Å². The molecule has 3 rings (SSSR count). The quantitative estimate of drug-likeness (QED) is 0.906. The lowest BCUT2D eigenvalue weighted by Gasteiger charge is -2.40. The fraction of sp³-hybridized carbons (Fsp3) is 0.750. The Morgan fingerprint density at radius 3 is 2.75 bits per heavy atom. The minimum atomic E-state index is 0.193. The van der Waals surface area contributed by atoms with E-state index in [2.05, 4.69) is 20.5 Å². The van der Waals surface area contributed by atoms with Crippen molar-refractivity contribution in [2.24, 2.45) is 5.73 Å². The number of imidazole rings is 1. The first kappa shape index (κ1) is 10.8. The zero-order valence-electron chi connectivity index (χ0n) is 9.51. The van der Waals surface area contributed by atoms with Gasteiger partial charge in [-0.2, -0.15) is 0 Å². The maximum atomic E-state index is 5.97. The van der Waals surface area contributed by atoms with E-state index in [0.29, 0.717) is 0 Å². The minimum Gasteiger partial charge on any atom is -0.330 e. The molecule has 0 amide bonds. The van der Waals surface area contributed by atoms with E-state index >= 15 is 0 Å².